The quantitative estimate of drug-likeness (QED) is 0.667. The van der Waals surface area contributed by atoms with Crippen LogP contribution >= 0.6 is 0 Å². The molecule has 1 aliphatic heterocycles. The monoisotopic (exact) mass is 497 g/mol. The maximum atomic E-state index is 13.6. The summed E-state index contributed by atoms with van der Waals surface area (Å²) in [5, 5.41) is 2.78. The first kappa shape index (κ1) is 26.1. The van der Waals surface area contributed by atoms with Crippen LogP contribution in [-0.2, 0) is 4.74 Å². The van der Waals surface area contributed by atoms with Crippen molar-refractivity contribution in [2.24, 2.45) is 11.8 Å². The SMILES string of the molecule is CO[C@H]1CN(C)C(=O)c2ccc(NC(=O)c3cccc(F)c3)cc2OC[C@@H](C)N(CC2CC2)C[C@H]1C. The first-order valence-corrected chi connectivity index (χ1v) is 12.6. The van der Waals surface area contributed by atoms with Gasteiger partial charge in [0.15, 0.2) is 0 Å². The van der Waals surface area contributed by atoms with E-state index in [0.29, 0.717) is 30.2 Å². The molecule has 1 aliphatic carbocycles. The van der Waals surface area contributed by atoms with E-state index in [2.05, 4.69) is 24.1 Å². The van der Waals surface area contributed by atoms with Crippen molar-refractivity contribution in [3.63, 3.8) is 0 Å². The van der Waals surface area contributed by atoms with E-state index in [9.17, 15) is 14.0 Å². The molecule has 0 spiro atoms. The fraction of sp³-hybridized carbons (Fsp3) is 0.500. The minimum Gasteiger partial charge on any atom is -0.491 e. The number of rotatable bonds is 5. The molecule has 1 heterocycles. The van der Waals surface area contributed by atoms with Crippen molar-refractivity contribution in [3.05, 3.63) is 59.4 Å². The zero-order valence-corrected chi connectivity index (χ0v) is 21.5. The molecule has 8 heteroatoms. The molecular weight excluding hydrogens is 461 g/mol. The predicted molar refractivity (Wildman–Crippen MR) is 137 cm³/mol. The number of methoxy groups -OCH3 is 1. The van der Waals surface area contributed by atoms with Crippen LogP contribution in [-0.4, -0.2) is 74.2 Å². The van der Waals surface area contributed by atoms with Crippen LogP contribution in [0.5, 0.6) is 5.75 Å². The van der Waals surface area contributed by atoms with Crippen molar-refractivity contribution in [1.29, 1.82) is 0 Å². The molecule has 0 bridgehead atoms. The molecule has 1 saturated carbocycles. The number of fused-ring (bicyclic) bond motifs is 1. The Labute approximate surface area is 212 Å². The normalized spacial score (nSPS) is 23.8. The second kappa shape index (κ2) is 11.4. The Morgan fingerprint density at radius 1 is 1.17 bits per heavy atom. The van der Waals surface area contributed by atoms with Crippen LogP contribution in [0.4, 0.5) is 10.1 Å². The van der Waals surface area contributed by atoms with Crippen molar-refractivity contribution in [1.82, 2.24) is 9.80 Å². The molecule has 7 nitrogen and oxygen atoms in total. The second-order valence-corrected chi connectivity index (χ2v) is 10.2. The number of ether oxygens (including phenoxy) is 2. The van der Waals surface area contributed by atoms with Crippen LogP contribution in [0.15, 0.2) is 42.5 Å². The van der Waals surface area contributed by atoms with Crippen LogP contribution in [0.25, 0.3) is 0 Å². The first-order valence-electron chi connectivity index (χ1n) is 12.6. The Balaban J connectivity index is 1.60. The van der Waals surface area contributed by atoms with Gasteiger partial charge < -0.3 is 19.7 Å². The molecule has 194 valence electrons. The van der Waals surface area contributed by atoms with E-state index in [4.69, 9.17) is 9.47 Å². The summed E-state index contributed by atoms with van der Waals surface area (Å²) >= 11 is 0. The highest BCUT2D eigenvalue weighted by Gasteiger charge is 2.31. The van der Waals surface area contributed by atoms with Gasteiger partial charge in [0, 0.05) is 57.2 Å². The lowest BCUT2D eigenvalue weighted by molar-refractivity contribution is 0.00994. The molecule has 4 rings (SSSR count). The van der Waals surface area contributed by atoms with Crippen molar-refractivity contribution < 1.29 is 23.5 Å². The van der Waals surface area contributed by atoms with Crippen molar-refractivity contribution in [3.8, 4) is 5.75 Å². The Bertz CT molecular complexity index is 1090. The van der Waals surface area contributed by atoms with Crippen LogP contribution in [0.2, 0.25) is 0 Å². The first-order chi connectivity index (χ1) is 17.2. The summed E-state index contributed by atoms with van der Waals surface area (Å²) in [7, 11) is 3.46. The number of carbonyl (C=O) groups is 2. The van der Waals surface area contributed by atoms with Gasteiger partial charge in [-0.3, -0.25) is 14.5 Å². The zero-order valence-electron chi connectivity index (χ0n) is 21.5. The third-order valence-corrected chi connectivity index (χ3v) is 7.11. The number of benzene rings is 2. The van der Waals surface area contributed by atoms with Gasteiger partial charge >= 0.3 is 0 Å². The van der Waals surface area contributed by atoms with Gasteiger partial charge in [-0.15, -0.1) is 0 Å². The molecule has 0 aromatic heterocycles. The number of nitrogens with one attached hydrogen (secondary N) is 1. The van der Waals surface area contributed by atoms with Crippen LogP contribution in [0.1, 0.15) is 47.4 Å². The van der Waals surface area contributed by atoms with E-state index >= 15 is 0 Å². The average molecular weight is 498 g/mol. The summed E-state index contributed by atoms with van der Waals surface area (Å²) in [4.78, 5) is 30.1. The highest BCUT2D eigenvalue weighted by molar-refractivity contribution is 6.05. The van der Waals surface area contributed by atoms with Gasteiger partial charge in [-0.2, -0.15) is 0 Å². The minimum absolute atomic E-state index is 0.0959. The highest BCUT2D eigenvalue weighted by atomic mass is 19.1. The number of halogens is 1. The van der Waals surface area contributed by atoms with Gasteiger partial charge in [-0.25, -0.2) is 4.39 Å². The maximum absolute atomic E-state index is 13.6. The van der Waals surface area contributed by atoms with Gasteiger partial charge in [0.05, 0.1) is 11.7 Å². The number of carbonyl (C=O) groups excluding carboxylic acids is 2. The van der Waals surface area contributed by atoms with E-state index in [0.717, 1.165) is 19.0 Å². The third-order valence-electron chi connectivity index (χ3n) is 7.11. The molecule has 0 saturated heterocycles. The average Bonchev–Trinajstić information content (AvgIpc) is 3.68. The number of hydrogen-bond donors (Lipinski definition) is 1. The summed E-state index contributed by atoms with van der Waals surface area (Å²) in [6.07, 6.45) is 2.43. The Morgan fingerprint density at radius 2 is 1.94 bits per heavy atom. The van der Waals surface area contributed by atoms with Gasteiger partial charge in [0.1, 0.15) is 18.2 Å². The summed E-state index contributed by atoms with van der Waals surface area (Å²) in [5.41, 5.74) is 1.10. The van der Waals surface area contributed by atoms with E-state index < -0.39 is 11.7 Å². The predicted octanol–water partition coefficient (Wildman–Crippen LogP) is 4.29. The van der Waals surface area contributed by atoms with Crippen molar-refractivity contribution in [2.45, 2.75) is 38.8 Å². The van der Waals surface area contributed by atoms with E-state index in [1.165, 1.54) is 31.0 Å². The van der Waals surface area contributed by atoms with Crippen LogP contribution in [0, 0.1) is 17.7 Å². The summed E-state index contributed by atoms with van der Waals surface area (Å²) in [6, 6.07) is 10.6. The number of anilines is 1. The second-order valence-electron chi connectivity index (χ2n) is 10.2. The summed E-state index contributed by atoms with van der Waals surface area (Å²) in [5.74, 6) is 0.285. The molecule has 2 amide bonds. The van der Waals surface area contributed by atoms with Crippen LogP contribution in [0.3, 0.4) is 0 Å². The molecule has 1 N–H and O–H groups in total. The highest BCUT2D eigenvalue weighted by Crippen LogP contribution is 2.32. The molecule has 0 unspecified atom stereocenters. The summed E-state index contributed by atoms with van der Waals surface area (Å²) < 4.78 is 25.6. The maximum Gasteiger partial charge on any atom is 0.257 e. The zero-order chi connectivity index (χ0) is 25.8. The van der Waals surface area contributed by atoms with Gasteiger partial charge in [0.25, 0.3) is 11.8 Å². The largest absolute Gasteiger partial charge is 0.491 e. The lowest BCUT2D eigenvalue weighted by Gasteiger charge is -2.36. The Hall–Kier alpha value is -2.97. The number of nitrogens with zero attached hydrogens (tertiary/aromatic N) is 2. The van der Waals surface area contributed by atoms with E-state index in [1.54, 1.807) is 43.3 Å². The number of amides is 2. The third kappa shape index (κ3) is 6.42. The molecule has 2 aromatic carbocycles. The molecular formula is C28H36FN3O4. The van der Waals surface area contributed by atoms with E-state index in [1.807, 2.05) is 0 Å². The van der Waals surface area contributed by atoms with Crippen molar-refractivity contribution >= 4 is 17.5 Å². The smallest absolute Gasteiger partial charge is 0.257 e. The molecule has 2 aliphatic rings. The van der Waals surface area contributed by atoms with Gasteiger partial charge in [-0.1, -0.05) is 13.0 Å². The Morgan fingerprint density at radius 3 is 2.64 bits per heavy atom. The molecule has 0 radical (unpaired) electrons. The van der Waals surface area contributed by atoms with Crippen molar-refractivity contribution in [2.75, 3.05) is 45.7 Å². The van der Waals surface area contributed by atoms with Crippen LogP contribution < -0.4 is 10.1 Å². The standard InChI is InChI=1S/C28H36FN3O4/c1-18-14-32(15-20-8-9-20)19(2)17-36-25-13-23(30-27(33)21-6-5-7-22(29)12-21)10-11-24(25)28(34)31(3)16-26(18)35-4/h5-7,10-13,18-20,26H,8-9,14-17H2,1-4H3,(H,30,33)/t18-,19-,26+/m1/s1. The lowest BCUT2D eigenvalue weighted by Crippen LogP contribution is -2.47. The van der Waals surface area contributed by atoms with E-state index in [-0.39, 0.29) is 29.5 Å². The molecule has 2 aromatic rings. The summed E-state index contributed by atoms with van der Waals surface area (Å²) in [6.45, 7) is 7.07. The lowest BCUT2D eigenvalue weighted by atomic mass is 10.0. The number of hydrogen-bond acceptors (Lipinski definition) is 5. The molecule has 1 fully saturated rings. The van der Waals surface area contributed by atoms with Gasteiger partial charge in [0.2, 0.25) is 0 Å². The molecule has 36 heavy (non-hydrogen) atoms. The fourth-order valence-corrected chi connectivity index (χ4v) is 4.64. The minimum atomic E-state index is -0.481. The topological polar surface area (TPSA) is 71.1 Å². The fourth-order valence-electron chi connectivity index (χ4n) is 4.64. The Kier molecular flexibility index (Phi) is 8.26. The number of likely N-dealkylation sites (N-methyl/N-ethyl adjacent to an activating group) is 1. The molecule has 3 atom stereocenters. The van der Waals surface area contributed by atoms with Gasteiger partial charge in [-0.05, 0) is 61.9 Å².